The highest BCUT2D eigenvalue weighted by molar-refractivity contribution is 9.08. The van der Waals surface area contributed by atoms with Gasteiger partial charge in [-0.3, -0.25) is 14.9 Å². The molecule has 0 amide bonds. The lowest BCUT2D eigenvalue weighted by Crippen LogP contribution is -2.02. The van der Waals surface area contributed by atoms with Crippen LogP contribution in [0.15, 0.2) is 12.1 Å². The van der Waals surface area contributed by atoms with Crippen molar-refractivity contribution in [1.82, 2.24) is 0 Å². The van der Waals surface area contributed by atoms with Crippen molar-refractivity contribution in [3.8, 4) is 5.75 Å². The monoisotopic (exact) mass is 287 g/mol. The first-order chi connectivity index (χ1) is 7.51. The number of nitro benzene ring substituents is 1. The fourth-order valence-electron chi connectivity index (χ4n) is 1.35. The molecule has 1 rings (SSSR count). The molecule has 86 valence electrons. The molecule has 0 unspecified atom stereocenters. The van der Waals surface area contributed by atoms with E-state index in [9.17, 15) is 14.9 Å². The van der Waals surface area contributed by atoms with Crippen molar-refractivity contribution in [2.75, 3.05) is 7.11 Å². The third-order valence-corrected chi connectivity index (χ3v) is 2.73. The van der Waals surface area contributed by atoms with Crippen LogP contribution in [0.25, 0.3) is 0 Å². The molecule has 0 saturated carbocycles. The molecule has 0 aliphatic carbocycles. The van der Waals surface area contributed by atoms with Crippen molar-refractivity contribution < 1.29 is 14.5 Å². The molecule has 0 N–H and O–H groups in total. The van der Waals surface area contributed by atoms with Crippen LogP contribution in [0.5, 0.6) is 5.75 Å². The largest absolute Gasteiger partial charge is 0.490 e. The number of ketones is 1. The van der Waals surface area contributed by atoms with Crippen LogP contribution in [0, 0.1) is 10.1 Å². The van der Waals surface area contributed by atoms with Crippen LogP contribution < -0.4 is 4.74 Å². The zero-order chi connectivity index (χ0) is 12.3. The topological polar surface area (TPSA) is 69.4 Å². The van der Waals surface area contributed by atoms with Crippen LogP contribution in [0.4, 0.5) is 5.69 Å². The minimum absolute atomic E-state index is 0.157. The molecule has 0 aromatic heterocycles. The first kappa shape index (κ1) is 12.6. The van der Waals surface area contributed by atoms with Crippen molar-refractivity contribution >= 4 is 27.4 Å². The second-order valence-electron chi connectivity index (χ2n) is 3.13. The van der Waals surface area contributed by atoms with Crippen LogP contribution >= 0.6 is 15.9 Å². The van der Waals surface area contributed by atoms with E-state index in [2.05, 4.69) is 15.9 Å². The Kier molecular flexibility index (Phi) is 4.00. The molecule has 0 atom stereocenters. The number of hydrogen-bond acceptors (Lipinski definition) is 4. The van der Waals surface area contributed by atoms with Crippen molar-refractivity contribution in [2.24, 2.45) is 0 Å². The van der Waals surface area contributed by atoms with Gasteiger partial charge >= 0.3 is 5.69 Å². The van der Waals surface area contributed by atoms with Gasteiger partial charge in [-0.2, -0.15) is 0 Å². The molecule has 0 saturated heterocycles. The van der Waals surface area contributed by atoms with Gasteiger partial charge in [0.2, 0.25) is 0 Å². The van der Waals surface area contributed by atoms with E-state index in [1.807, 2.05) is 0 Å². The quantitative estimate of drug-likeness (QED) is 0.369. The number of alkyl halides is 1. The Hall–Kier alpha value is -1.43. The SMILES string of the molecule is COc1cc(CBr)c(C(C)=O)cc1[N+](=O)[O-]. The molecular weight excluding hydrogens is 278 g/mol. The lowest BCUT2D eigenvalue weighted by atomic mass is 10.0. The number of benzene rings is 1. The van der Waals surface area contributed by atoms with E-state index >= 15 is 0 Å². The van der Waals surface area contributed by atoms with Crippen LogP contribution in [0.3, 0.4) is 0 Å². The normalized spacial score (nSPS) is 9.94. The Morgan fingerprint density at radius 2 is 2.19 bits per heavy atom. The van der Waals surface area contributed by atoms with Crippen molar-refractivity contribution in [2.45, 2.75) is 12.3 Å². The Labute approximate surface area is 101 Å². The first-order valence-electron chi connectivity index (χ1n) is 4.43. The molecule has 0 heterocycles. The van der Waals surface area contributed by atoms with Crippen molar-refractivity contribution in [3.05, 3.63) is 33.4 Å². The summed E-state index contributed by atoms with van der Waals surface area (Å²) >= 11 is 3.22. The number of carbonyl (C=O) groups is 1. The summed E-state index contributed by atoms with van der Waals surface area (Å²) in [6.45, 7) is 1.37. The smallest absolute Gasteiger partial charge is 0.311 e. The third kappa shape index (κ3) is 2.38. The average molecular weight is 288 g/mol. The molecule has 0 fully saturated rings. The summed E-state index contributed by atoms with van der Waals surface area (Å²) in [5, 5.41) is 11.2. The highest BCUT2D eigenvalue weighted by Gasteiger charge is 2.20. The molecule has 6 heteroatoms. The molecule has 0 aliphatic heterocycles. The minimum Gasteiger partial charge on any atom is -0.490 e. The molecular formula is C10H10BrNO4. The van der Waals surface area contributed by atoms with Gasteiger partial charge in [0.15, 0.2) is 11.5 Å². The maximum Gasteiger partial charge on any atom is 0.311 e. The standard InChI is InChI=1S/C10H10BrNO4/c1-6(13)8-4-9(12(14)15)10(16-2)3-7(8)5-11/h3-4H,5H2,1-2H3. The molecule has 5 nitrogen and oxygen atoms in total. The zero-order valence-corrected chi connectivity index (χ0v) is 10.4. The first-order valence-corrected chi connectivity index (χ1v) is 5.55. The second-order valence-corrected chi connectivity index (χ2v) is 3.69. The summed E-state index contributed by atoms with van der Waals surface area (Å²) in [6, 6.07) is 2.75. The van der Waals surface area contributed by atoms with Crippen molar-refractivity contribution in [1.29, 1.82) is 0 Å². The lowest BCUT2D eigenvalue weighted by molar-refractivity contribution is -0.385. The molecule has 0 radical (unpaired) electrons. The summed E-state index contributed by atoms with van der Waals surface area (Å²) in [5.74, 6) is -0.0512. The van der Waals surface area contributed by atoms with Gasteiger partial charge in [0, 0.05) is 17.0 Å². The van der Waals surface area contributed by atoms with Crippen LogP contribution in [-0.4, -0.2) is 17.8 Å². The summed E-state index contributed by atoms with van der Waals surface area (Å²) in [4.78, 5) is 21.5. The van der Waals surface area contributed by atoms with Crippen LogP contribution in [0.2, 0.25) is 0 Å². The number of ether oxygens (including phenoxy) is 1. The zero-order valence-electron chi connectivity index (χ0n) is 8.82. The van der Waals surface area contributed by atoms with Crippen LogP contribution in [-0.2, 0) is 5.33 Å². The van der Waals surface area contributed by atoms with Gasteiger partial charge in [-0.1, -0.05) is 15.9 Å². The van der Waals surface area contributed by atoms with E-state index in [0.29, 0.717) is 16.5 Å². The van der Waals surface area contributed by atoms with Gasteiger partial charge in [0.1, 0.15) is 0 Å². The number of nitro groups is 1. The molecule has 1 aromatic rings. The molecule has 0 aliphatic rings. The number of rotatable bonds is 4. The molecule has 0 bridgehead atoms. The Morgan fingerprint density at radius 3 is 2.56 bits per heavy atom. The van der Waals surface area contributed by atoms with Gasteiger partial charge < -0.3 is 4.74 Å². The number of hydrogen-bond donors (Lipinski definition) is 0. The van der Waals surface area contributed by atoms with E-state index in [1.165, 1.54) is 26.2 Å². The van der Waals surface area contributed by atoms with E-state index in [0.717, 1.165) is 0 Å². The van der Waals surface area contributed by atoms with Crippen molar-refractivity contribution in [3.63, 3.8) is 0 Å². The number of nitrogens with zero attached hydrogens (tertiary/aromatic N) is 1. The summed E-state index contributed by atoms with van der Waals surface area (Å²) < 4.78 is 4.91. The van der Waals surface area contributed by atoms with E-state index in [1.54, 1.807) is 0 Å². The van der Waals surface area contributed by atoms with Gasteiger partial charge in [-0.15, -0.1) is 0 Å². The summed E-state index contributed by atoms with van der Waals surface area (Å²) in [6.07, 6.45) is 0. The number of halogens is 1. The predicted octanol–water partition coefficient (Wildman–Crippen LogP) is 2.70. The molecule has 0 spiro atoms. The average Bonchev–Trinajstić information content (AvgIpc) is 2.26. The second kappa shape index (κ2) is 5.07. The van der Waals surface area contributed by atoms with Gasteiger partial charge in [0.05, 0.1) is 12.0 Å². The number of carbonyl (C=O) groups excluding carboxylic acids is 1. The fraction of sp³-hybridized carbons (Fsp3) is 0.300. The fourth-order valence-corrected chi connectivity index (χ4v) is 1.82. The Balaban J connectivity index is 3.46. The van der Waals surface area contributed by atoms with Gasteiger partial charge in [-0.05, 0) is 18.6 Å². The third-order valence-electron chi connectivity index (χ3n) is 2.12. The number of Topliss-reactive ketones (excluding diaryl/α,β-unsaturated/α-hetero) is 1. The van der Waals surface area contributed by atoms with Crippen LogP contribution in [0.1, 0.15) is 22.8 Å². The number of methoxy groups -OCH3 is 1. The van der Waals surface area contributed by atoms with Gasteiger partial charge in [-0.25, -0.2) is 0 Å². The maximum atomic E-state index is 11.3. The maximum absolute atomic E-state index is 11.3. The minimum atomic E-state index is -0.566. The highest BCUT2D eigenvalue weighted by atomic mass is 79.9. The molecule has 16 heavy (non-hydrogen) atoms. The summed E-state index contributed by atoms with van der Waals surface area (Å²) in [7, 11) is 1.35. The van der Waals surface area contributed by atoms with Gasteiger partial charge in [0.25, 0.3) is 0 Å². The molecule has 1 aromatic carbocycles. The lowest BCUT2D eigenvalue weighted by Gasteiger charge is -2.07. The highest BCUT2D eigenvalue weighted by Crippen LogP contribution is 2.31. The van der Waals surface area contributed by atoms with E-state index in [4.69, 9.17) is 4.74 Å². The van der Waals surface area contributed by atoms with E-state index < -0.39 is 4.92 Å². The Bertz CT molecular complexity index is 407. The van der Waals surface area contributed by atoms with E-state index in [-0.39, 0.29) is 17.2 Å². The Morgan fingerprint density at radius 1 is 1.56 bits per heavy atom. The predicted molar refractivity (Wildman–Crippen MR) is 62.3 cm³/mol. The summed E-state index contributed by atoms with van der Waals surface area (Å²) in [5.41, 5.74) is 0.816.